The molecule has 1 rings (SSSR count). The maximum Gasteiger partial charge on any atom is 0.573 e. The van der Waals surface area contributed by atoms with Crippen molar-refractivity contribution in [2.75, 3.05) is 5.73 Å². The van der Waals surface area contributed by atoms with Gasteiger partial charge in [0.2, 0.25) is 0 Å². The molecule has 0 aliphatic carbocycles. The summed E-state index contributed by atoms with van der Waals surface area (Å²) in [5, 5.41) is 0. The lowest BCUT2D eigenvalue weighted by Gasteiger charge is -2.10. The van der Waals surface area contributed by atoms with Gasteiger partial charge in [-0.05, 0) is 18.2 Å². The number of halogens is 3. The topological polar surface area (TPSA) is 52.3 Å². The Morgan fingerprint density at radius 2 is 2.12 bits per heavy atom. The van der Waals surface area contributed by atoms with E-state index in [1.54, 1.807) is 0 Å². The minimum atomic E-state index is -4.80. The number of nitrogens with two attached hydrogens (primary N) is 1. The molecule has 1 aromatic carbocycles. The Balaban J connectivity index is 2.95. The highest BCUT2D eigenvalue weighted by Gasteiger charge is 2.31. The van der Waals surface area contributed by atoms with Crippen LogP contribution in [0.1, 0.15) is 12.0 Å². The fourth-order valence-corrected chi connectivity index (χ4v) is 1.02. The van der Waals surface area contributed by atoms with Gasteiger partial charge in [0, 0.05) is 5.56 Å². The molecule has 17 heavy (non-hydrogen) atoms. The van der Waals surface area contributed by atoms with Crippen molar-refractivity contribution in [2.24, 2.45) is 0 Å². The fourth-order valence-electron chi connectivity index (χ4n) is 1.02. The number of carbonyl (C=O) groups is 1. The second-order valence-electron chi connectivity index (χ2n) is 2.97. The van der Waals surface area contributed by atoms with Gasteiger partial charge in [-0.1, -0.05) is 11.8 Å². The van der Waals surface area contributed by atoms with Gasteiger partial charge >= 0.3 is 6.36 Å². The summed E-state index contributed by atoms with van der Waals surface area (Å²) in [4.78, 5) is 10.0. The molecule has 6 heteroatoms. The molecule has 0 aliphatic rings. The monoisotopic (exact) mass is 243 g/mol. The van der Waals surface area contributed by atoms with E-state index in [0.29, 0.717) is 11.8 Å². The van der Waals surface area contributed by atoms with Gasteiger partial charge in [-0.3, -0.25) is 0 Å². The van der Waals surface area contributed by atoms with E-state index in [2.05, 4.69) is 16.6 Å². The quantitative estimate of drug-likeness (QED) is 0.491. The highest BCUT2D eigenvalue weighted by Crippen LogP contribution is 2.28. The number of aldehydes is 1. The van der Waals surface area contributed by atoms with E-state index in [-0.39, 0.29) is 12.1 Å². The molecule has 0 saturated carbocycles. The van der Waals surface area contributed by atoms with Crippen molar-refractivity contribution in [1.29, 1.82) is 0 Å². The van der Waals surface area contributed by atoms with Crippen molar-refractivity contribution in [1.82, 2.24) is 0 Å². The molecule has 0 aromatic heterocycles. The van der Waals surface area contributed by atoms with Crippen LogP contribution < -0.4 is 10.5 Å². The largest absolute Gasteiger partial charge is 0.573 e. The van der Waals surface area contributed by atoms with Gasteiger partial charge in [0.15, 0.2) is 5.75 Å². The highest BCUT2D eigenvalue weighted by atomic mass is 19.4. The van der Waals surface area contributed by atoms with Gasteiger partial charge in [-0.2, -0.15) is 0 Å². The number of carbonyl (C=O) groups excluding carboxylic acids is 1. The zero-order valence-electron chi connectivity index (χ0n) is 8.54. The summed E-state index contributed by atoms with van der Waals surface area (Å²) in [6, 6.07) is 3.77. The van der Waals surface area contributed by atoms with Crippen LogP contribution in [0.5, 0.6) is 5.75 Å². The Bertz CT molecular complexity index is 472. The van der Waals surface area contributed by atoms with Gasteiger partial charge in [0.1, 0.15) is 6.29 Å². The van der Waals surface area contributed by atoms with Crippen molar-refractivity contribution < 1.29 is 22.7 Å². The van der Waals surface area contributed by atoms with E-state index in [1.165, 1.54) is 12.1 Å². The average molecular weight is 243 g/mol. The molecule has 0 spiro atoms. The molecular formula is C11H8F3NO2. The number of benzene rings is 1. The second-order valence-corrected chi connectivity index (χ2v) is 2.97. The van der Waals surface area contributed by atoms with E-state index < -0.39 is 12.1 Å². The van der Waals surface area contributed by atoms with Crippen LogP contribution in [0.25, 0.3) is 0 Å². The number of ether oxygens (including phenoxy) is 1. The molecule has 90 valence electrons. The zero-order chi connectivity index (χ0) is 12.9. The summed E-state index contributed by atoms with van der Waals surface area (Å²) < 4.78 is 39.7. The molecule has 0 amide bonds. The van der Waals surface area contributed by atoms with Crippen molar-refractivity contribution in [2.45, 2.75) is 12.8 Å². The predicted octanol–water partition coefficient (Wildman–Crippen LogP) is 2.11. The zero-order valence-corrected chi connectivity index (χ0v) is 8.54. The number of nitrogen functional groups attached to an aromatic ring is 1. The highest BCUT2D eigenvalue weighted by molar-refractivity contribution is 5.58. The van der Waals surface area contributed by atoms with E-state index in [0.717, 1.165) is 6.07 Å². The summed E-state index contributed by atoms with van der Waals surface area (Å²) >= 11 is 0. The standard InChI is InChI=1S/C11H8F3NO2/c12-11(13,14)17-10-7-8(3-1-2-6-16)4-5-9(10)15/h4-7H,2,15H2. The Labute approximate surface area is 95.4 Å². The van der Waals surface area contributed by atoms with Crippen LogP contribution in [0.3, 0.4) is 0 Å². The third-order valence-electron chi connectivity index (χ3n) is 1.66. The summed E-state index contributed by atoms with van der Waals surface area (Å²) in [5.74, 6) is 4.48. The molecule has 0 saturated heterocycles. The van der Waals surface area contributed by atoms with Crippen LogP contribution in [0, 0.1) is 11.8 Å². The lowest BCUT2D eigenvalue weighted by atomic mass is 10.2. The molecule has 0 fully saturated rings. The molecule has 0 radical (unpaired) electrons. The molecule has 3 nitrogen and oxygen atoms in total. The van der Waals surface area contributed by atoms with E-state index >= 15 is 0 Å². The van der Waals surface area contributed by atoms with Crippen LogP contribution >= 0.6 is 0 Å². The number of alkyl halides is 3. The fraction of sp³-hybridized carbons (Fsp3) is 0.182. The van der Waals surface area contributed by atoms with Gasteiger partial charge in [0.05, 0.1) is 12.1 Å². The van der Waals surface area contributed by atoms with Gasteiger partial charge < -0.3 is 15.3 Å². The first-order valence-corrected chi connectivity index (χ1v) is 4.50. The number of hydrogen-bond donors (Lipinski definition) is 1. The molecule has 2 N–H and O–H groups in total. The maximum atomic E-state index is 12.0. The van der Waals surface area contributed by atoms with Crippen molar-refractivity contribution in [3.05, 3.63) is 23.8 Å². The Morgan fingerprint density at radius 3 is 2.71 bits per heavy atom. The Morgan fingerprint density at radius 1 is 1.41 bits per heavy atom. The molecule has 0 unspecified atom stereocenters. The average Bonchev–Trinajstić information content (AvgIpc) is 2.21. The lowest BCUT2D eigenvalue weighted by Crippen LogP contribution is -2.18. The third-order valence-corrected chi connectivity index (χ3v) is 1.66. The van der Waals surface area contributed by atoms with E-state index in [9.17, 15) is 18.0 Å². The van der Waals surface area contributed by atoms with Crippen molar-refractivity contribution in [3.8, 4) is 17.6 Å². The number of rotatable bonds is 2. The third kappa shape index (κ3) is 4.47. The minimum absolute atomic E-state index is 0.0137. The first-order chi connectivity index (χ1) is 7.92. The Hall–Kier alpha value is -2.16. The first-order valence-electron chi connectivity index (χ1n) is 4.50. The molecule has 0 aliphatic heterocycles. The molecule has 1 aromatic rings. The first kappa shape index (κ1) is 12.9. The smallest absolute Gasteiger partial charge is 0.404 e. The molecule has 0 atom stereocenters. The van der Waals surface area contributed by atoms with Gasteiger partial charge in [0.25, 0.3) is 0 Å². The molecule has 0 bridgehead atoms. The van der Waals surface area contributed by atoms with Crippen LogP contribution in [-0.2, 0) is 4.79 Å². The summed E-state index contributed by atoms with van der Waals surface area (Å²) in [6.07, 6.45) is -4.19. The van der Waals surface area contributed by atoms with Gasteiger partial charge in [-0.25, -0.2) is 0 Å². The van der Waals surface area contributed by atoms with Crippen LogP contribution in [0.2, 0.25) is 0 Å². The molecule has 0 heterocycles. The second kappa shape index (κ2) is 5.25. The normalized spacial score (nSPS) is 10.3. The predicted molar refractivity (Wildman–Crippen MR) is 55.1 cm³/mol. The lowest BCUT2D eigenvalue weighted by molar-refractivity contribution is -0.274. The minimum Gasteiger partial charge on any atom is -0.404 e. The number of hydrogen-bond acceptors (Lipinski definition) is 3. The maximum absolute atomic E-state index is 12.0. The van der Waals surface area contributed by atoms with E-state index in [4.69, 9.17) is 5.73 Å². The summed E-state index contributed by atoms with van der Waals surface area (Å²) in [7, 11) is 0. The van der Waals surface area contributed by atoms with Crippen LogP contribution in [-0.4, -0.2) is 12.6 Å². The summed E-state index contributed by atoms with van der Waals surface area (Å²) in [5.41, 5.74) is 5.48. The van der Waals surface area contributed by atoms with Gasteiger partial charge in [-0.15, -0.1) is 13.2 Å². The molecular weight excluding hydrogens is 235 g/mol. The Kier molecular flexibility index (Phi) is 3.99. The number of anilines is 1. The van der Waals surface area contributed by atoms with Crippen LogP contribution in [0.15, 0.2) is 18.2 Å². The SMILES string of the molecule is Nc1ccc(C#CCC=O)cc1OC(F)(F)F. The van der Waals surface area contributed by atoms with Crippen molar-refractivity contribution >= 4 is 12.0 Å². The van der Waals surface area contributed by atoms with Crippen LogP contribution in [0.4, 0.5) is 18.9 Å². The van der Waals surface area contributed by atoms with E-state index in [1.807, 2.05) is 0 Å². The van der Waals surface area contributed by atoms with Crippen molar-refractivity contribution in [3.63, 3.8) is 0 Å². The summed E-state index contributed by atoms with van der Waals surface area (Å²) in [6.45, 7) is 0.